The molecule has 1 N–H and O–H groups in total. The molecule has 0 aliphatic carbocycles. The summed E-state index contributed by atoms with van der Waals surface area (Å²) in [5, 5.41) is 2.78. The summed E-state index contributed by atoms with van der Waals surface area (Å²) >= 11 is 3.34. The fourth-order valence-electron chi connectivity index (χ4n) is 1.60. The highest BCUT2D eigenvalue weighted by molar-refractivity contribution is 9.10. The van der Waals surface area contributed by atoms with Crippen LogP contribution in [0, 0.1) is 0 Å². The van der Waals surface area contributed by atoms with Gasteiger partial charge in [0.2, 0.25) is 5.91 Å². The topological polar surface area (TPSA) is 54.4 Å². The number of pyridine rings is 1. The molecule has 4 nitrogen and oxygen atoms in total. The van der Waals surface area contributed by atoms with E-state index >= 15 is 0 Å². The van der Waals surface area contributed by atoms with E-state index in [1.807, 2.05) is 13.0 Å². The van der Waals surface area contributed by atoms with Crippen molar-refractivity contribution in [3.63, 3.8) is 0 Å². The van der Waals surface area contributed by atoms with Gasteiger partial charge in [-0.15, -0.1) is 0 Å². The van der Waals surface area contributed by atoms with Crippen LogP contribution in [0.1, 0.15) is 25.3 Å². The number of aromatic nitrogens is 1. The number of nitrogens with one attached hydrogen (secondary N) is 1. The van der Waals surface area contributed by atoms with Crippen molar-refractivity contribution in [3.8, 4) is 0 Å². The molecule has 16 heavy (non-hydrogen) atoms. The molecule has 84 valence electrons. The first-order valence-electron chi connectivity index (χ1n) is 5.20. The van der Waals surface area contributed by atoms with E-state index in [-0.39, 0.29) is 11.9 Å². The van der Waals surface area contributed by atoms with Gasteiger partial charge in [-0.3, -0.25) is 14.8 Å². The largest absolute Gasteiger partial charge is 0.309 e. The van der Waals surface area contributed by atoms with Crippen LogP contribution in [0.15, 0.2) is 27.9 Å². The maximum Gasteiger partial charge on any atom is 0.250 e. The molecule has 0 aromatic carbocycles. The number of amides is 1. The van der Waals surface area contributed by atoms with E-state index in [0.717, 1.165) is 22.9 Å². The maximum atomic E-state index is 11.6. The third-order valence-electron chi connectivity index (χ3n) is 2.37. The molecule has 1 unspecified atom stereocenters. The molecule has 2 heterocycles. The molecule has 1 aliphatic rings. The Kier molecular flexibility index (Phi) is 3.33. The number of amidine groups is 1. The summed E-state index contributed by atoms with van der Waals surface area (Å²) in [5.41, 5.74) is 0.835. The van der Waals surface area contributed by atoms with E-state index in [9.17, 15) is 4.79 Å². The summed E-state index contributed by atoms with van der Waals surface area (Å²) in [4.78, 5) is 20.0. The molecule has 0 fully saturated rings. The first-order chi connectivity index (χ1) is 7.70. The number of rotatable bonds is 3. The van der Waals surface area contributed by atoms with E-state index in [1.165, 1.54) is 0 Å². The SMILES string of the molecule is CCCC1N=C(c2cncc(Br)c2)NC1=O. The Morgan fingerprint density at radius 2 is 2.31 bits per heavy atom. The second-order valence-corrected chi connectivity index (χ2v) is 4.58. The molecule has 0 spiro atoms. The Bertz CT molecular complexity index is 445. The molecule has 1 aliphatic heterocycles. The van der Waals surface area contributed by atoms with Crippen LogP contribution in [0.2, 0.25) is 0 Å². The lowest BCUT2D eigenvalue weighted by molar-refractivity contribution is -0.120. The minimum atomic E-state index is -0.237. The zero-order valence-corrected chi connectivity index (χ0v) is 10.5. The molecule has 0 saturated heterocycles. The second-order valence-electron chi connectivity index (χ2n) is 3.66. The Morgan fingerprint density at radius 3 is 3.00 bits per heavy atom. The van der Waals surface area contributed by atoms with Gasteiger partial charge < -0.3 is 5.32 Å². The number of carbonyl (C=O) groups excluding carboxylic acids is 1. The monoisotopic (exact) mass is 281 g/mol. The number of nitrogens with zero attached hydrogens (tertiary/aromatic N) is 2. The van der Waals surface area contributed by atoms with Crippen LogP contribution in [0.4, 0.5) is 0 Å². The Labute approximate surface area is 102 Å². The standard InChI is InChI=1S/C11H12BrN3O/c1-2-3-9-11(16)15-10(14-9)7-4-8(12)6-13-5-7/h4-6,9H,2-3H2,1H3,(H,14,15,16). The maximum absolute atomic E-state index is 11.6. The fraction of sp³-hybridized carbons (Fsp3) is 0.364. The molecule has 0 saturated carbocycles. The Balaban J connectivity index is 2.23. The normalized spacial score (nSPS) is 19.5. The highest BCUT2D eigenvalue weighted by Gasteiger charge is 2.26. The van der Waals surface area contributed by atoms with Crippen LogP contribution in [0.3, 0.4) is 0 Å². The van der Waals surface area contributed by atoms with Crippen LogP contribution >= 0.6 is 15.9 Å². The van der Waals surface area contributed by atoms with Crippen molar-refractivity contribution in [1.29, 1.82) is 0 Å². The highest BCUT2D eigenvalue weighted by Crippen LogP contribution is 2.14. The van der Waals surface area contributed by atoms with Crippen molar-refractivity contribution in [2.45, 2.75) is 25.8 Å². The molecule has 1 aromatic heterocycles. The summed E-state index contributed by atoms with van der Waals surface area (Å²) in [6, 6.07) is 1.65. The number of halogens is 1. The van der Waals surface area contributed by atoms with Gasteiger partial charge in [-0.1, -0.05) is 13.3 Å². The lowest BCUT2D eigenvalue weighted by atomic mass is 10.2. The van der Waals surface area contributed by atoms with Crippen molar-refractivity contribution in [1.82, 2.24) is 10.3 Å². The van der Waals surface area contributed by atoms with Gasteiger partial charge in [-0.05, 0) is 28.4 Å². The quantitative estimate of drug-likeness (QED) is 0.920. The summed E-state index contributed by atoms with van der Waals surface area (Å²) in [5.74, 6) is 0.606. The minimum Gasteiger partial charge on any atom is -0.309 e. The second kappa shape index (κ2) is 4.74. The lowest BCUT2D eigenvalue weighted by Gasteiger charge is -2.00. The van der Waals surface area contributed by atoms with Crippen molar-refractivity contribution in [2.24, 2.45) is 4.99 Å². The molecule has 2 rings (SSSR count). The fourth-order valence-corrected chi connectivity index (χ4v) is 1.97. The molecular formula is C11H12BrN3O. The number of aliphatic imine (C=N–C) groups is 1. The molecule has 1 aromatic rings. The van der Waals surface area contributed by atoms with Crippen LogP contribution in [0.5, 0.6) is 0 Å². The number of hydrogen-bond donors (Lipinski definition) is 1. The van der Waals surface area contributed by atoms with Gasteiger partial charge in [0.1, 0.15) is 11.9 Å². The average Bonchev–Trinajstić information content (AvgIpc) is 2.61. The van der Waals surface area contributed by atoms with Crippen molar-refractivity contribution in [3.05, 3.63) is 28.5 Å². The average molecular weight is 282 g/mol. The van der Waals surface area contributed by atoms with Crippen LogP contribution in [-0.4, -0.2) is 22.8 Å². The van der Waals surface area contributed by atoms with E-state index in [1.54, 1.807) is 12.4 Å². The highest BCUT2D eigenvalue weighted by atomic mass is 79.9. The smallest absolute Gasteiger partial charge is 0.250 e. The molecule has 1 atom stereocenters. The van der Waals surface area contributed by atoms with Crippen molar-refractivity contribution < 1.29 is 4.79 Å². The molecular weight excluding hydrogens is 270 g/mol. The predicted octanol–water partition coefficient (Wildman–Crippen LogP) is 1.89. The molecule has 1 amide bonds. The first kappa shape index (κ1) is 11.3. The Hall–Kier alpha value is -1.23. The van der Waals surface area contributed by atoms with Crippen LogP contribution in [0.25, 0.3) is 0 Å². The van der Waals surface area contributed by atoms with Gasteiger partial charge in [0.05, 0.1) is 0 Å². The van der Waals surface area contributed by atoms with Gasteiger partial charge in [0, 0.05) is 22.4 Å². The third-order valence-corrected chi connectivity index (χ3v) is 2.80. The number of carbonyl (C=O) groups is 1. The van der Waals surface area contributed by atoms with Crippen LogP contribution in [-0.2, 0) is 4.79 Å². The van der Waals surface area contributed by atoms with Gasteiger partial charge >= 0.3 is 0 Å². The van der Waals surface area contributed by atoms with Gasteiger partial charge in [0.15, 0.2) is 0 Å². The zero-order valence-electron chi connectivity index (χ0n) is 8.90. The van der Waals surface area contributed by atoms with Gasteiger partial charge in [-0.25, -0.2) is 0 Å². The molecule has 0 radical (unpaired) electrons. The van der Waals surface area contributed by atoms with Gasteiger partial charge in [-0.2, -0.15) is 0 Å². The van der Waals surface area contributed by atoms with E-state index < -0.39 is 0 Å². The predicted molar refractivity (Wildman–Crippen MR) is 65.3 cm³/mol. The first-order valence-corrected chi connectivity index (χ1v) is 5.99. The van der Waals surface area contributed by atoms with E-state index in [0.29, 0.717) is 5.84 Å². The molecule has 5 heteroatoms. The zero-order chi connectivity index (χ0) is 11.5. The van der Waals surface area contributed by atoms with Gasteiger partial charge in [0.25, 0.3) is 0 Å². The van der Waals surface area contributed by atoms with Crippen LogP contribution < -0.4 is 5.32 Å². The Morgan fingerprint density at radius 1 is 1.50 bits per heavy atom. The summed E-state index contributed by atoms with van der Waals surface area (Å²) < 4.78 is 0.876. The lowest BCUT2D eigenvalue weighted by Crippen LogP contribution is -2.29. The van der Waals surface area contributed by atoms with Crippen molar-refractivity contribution in [2.75, 3.05) is 0 Å². The van der Waals surface area contributed by atoms with E-state index in [2.05, 4.69) is 31.2 Å². The number of hydrogen-bond acceptors (Lipinski definition) is 3. The summed E-state index contributed by atoms with van der Waals surface area (Å²) in [6.45, 7) is 2.04. The van der Waals surface area contributed by atoms with E-state index in [4.69, 9.17) is 0 Å². The van der Waals surface area contributed by atoms with Crippen molar-refractivity contribution >= 4 is 27.7 Å². The molecule has 0 bridgehead atoms. The third kappa shape index (κ3) is 2.29. The summed E-state index contributed by atoms with van der Waals surface area (Å²) in [7, 11) is 0. The summed E-state index contributed by atoms with van der Waals surface area (Å²) in [6.07, 6.45) is 5.13. The minimum absolute atomic E-state index is 0.0168.